The zero-order valence-electron chi connectivity index (χ0n) is 10.9. The Labute approximate surface area is 118 Å². The highest BCUT2D eigenvalue weighted by Gasteiger charge is 2.29. The average Bonchev–Trinajstić information content (AvgIpc) is 3.22. The van der Waals surface area contributed by atoms with Gasteiger partial charge in [-0.25, -0.2) is 4.39 Å². The molecule has 1 aromatic carbocycles. The Bertz CT molecular complexity index is 481. The summed E-state index contributed by atoms with van der Waals surface area (Å²) in [6.07, 6.45) is 5.26. The van der Waals surface area contributed by atoms with Crippen molar-refractivity contribution in [1.29, 1.82) is 0 Å². The van der Waals surface area contributed by atoms with E-state index in [4.69, 9.17) is 18.0 Å². The Balaban J connectivity index is 1.79. The molecule has 0 heterocycles. The predicted octanol–water partition coefficient (Wildman–Crippen LogP) is 3.09. The van der Waals surface area contributed by atoms with Crippen molar-refractivity contribution < 1.29 is 4.39 Å². The highest BCUT2D eigenvalue weighted by Crippen LogP contribution is 2.36. The highest BCUT2D eigenvalue weighted by molar-refractivity contribution is 7.80. The fourth-order valence-electron chi connectivity index (χ4n) is 2.41. The van der Waals surface area contributed by atoms with Crippen LogP contribution in [0.4, 0.5) is 10.1 Å². The van der Waals surface area contributed by atoms with Gasteiger partial charge in [0.1, 0.15) is 10.8 Å². The smallest absolute Gasteiger partial charge is 0.135 e. The third-order valence-corrected chi connectivity index (χ3v) is 4.15. The molecule has 4 heteroatoms. The van der Waals surface area contributed by atoms with Crippen LogP contribution in [0.25, 0.3) is 0 Å². The van der Waals surface area contributed by atoms with Gasteiger partial charge in [0.15, 0.2) is 0 Å². The average molecular weight is 278 g/mol. The van der Waals surface area contributed by atoms with Gasteiger partial charge in [0.2, 0.25) is 0 Å². The summed E-state index contributed by atoms with van der Waals surface area (Å²) in [5.41, 5.74) is 6.81. The summed E-state index contributed by atoms with van der Waals surface area (Å²) in [6.45, 7) is 2.12. The fraction of sp³-hybridized carbons (Fsp3) is 0.533. The molecule has 2 N–H and O–H groups in total. The zero-order chi connectivity index (χ0) is 13.4. The molecule has 0 aromatic heterocycles. The second-order valence-electron chi connectivity index (χ2n) is 5.82. The summed E-state index contributed by atoms with van der Waals surface area (Å²) in [5.74, 6) is 1.30. The maximum atomic E-state index is 14.0. The molecule has 3 rings (SSSR count). The minimum atomic E-state index is -0.304. The Hall–Kier alpha value is -1.16. The Kier molecular flexibility index (Phi) is 3.44. The Morgan fingerprint density at radius 2 is 1.79 bits per heavy atom. The van der Waals surface area contributed by atoms with E-state index in [-0.39, 0.29) is 10.8 Å². The highest BCUT2D eigenvalue weighted by atomic mass is 32.1. The molecule has 0 amide bonds. The van der Waals surface area contributed by atoms with Gasteiger partial charge in [0.05, 0.1) is 0 Å². The molecule has 0 saturated heterocycles. The number of anilines is 1. The van der Waals surface area contributed by atoms with Crippen molar-refractivity contribution in [2.24, 2.45) is 17.6 Å². The molecule has 2 aliphatic carbocycles. The van der Waals surface area contributed by atoms with Gasteiger partial charge >= 0.3 is 0 Å². The molecule has 0 spiro atoms. The van der Waals surface area contributed by atoms with Gasteiger partial charge in [-0.2, -0.15) is 0 Å². The summed E-state index contributed by atoms with van der Waals surface area (Å²) in [7, 11) is 0. The summed E-state index contributed by atoms with van der Waals surface area (Å²) < 4.78 is 14.0. The second kappa shape index (κ2) is 5.08. The van der Waals surface area contributed by atoms with Gasteiger partial charge < -0.3 is 10.6 Å². The first-order chi connectivity index (χ1) is 9.13. The van der Waals surface area contributed by atoms with E-state index >= 15 is 0 Å². The van der Waals surface area contributed by atoms with Gasteiger partial charge in [-0.1, -0.05) is 12.2 Å². The lowest BCUT2D eigenvalue weighted by atomic mass is 10.1. The topological polar surface area (TPSA) is 29.3 Å². The van der Waals surface area contributed by atoms with E-state index in [2.05, 4.69) is 4.90 Å². The van der Waals surface area contributed by atoms with Gasteiger partial charge in [0.25, 0.3) is 0 Å². The maximum absolute atomic E-state index is 14.0. The number of benzene rings is 1. The molecule has 0 unspecified atom stereocenters. The van der Waals surface area contributed by atoms with Crippen LogP contribution in [0.15, 0.2) is 18.2 Å². The van der Waals surface area contributed by atoms with E-state index < -0.39 is 0 Å². The lowest BCUT2D eigenvalue weighted by Gasteiger charge is -2.25. The van der Waals surface area contributed by atoms with Crippen LogP contribution in [-0.2, 0) is 0 Å². The van der Waals surface area contributed by atoms with Crippen LogP contribution in [-0.4, -0.2) is 18.1 Å². The quantitative estimate of drug-likeness (QED) is 0.811. The number of hydrogen-bond donors (Lipinski definition) is 1. The number of nitrogens with zero attached hydrogens (tertiary/aromatic N) is 1. The van der Waals surface area contributed by atoms with Crippen LogP contribution in [0.2, 0.25) is 0 Å². The first-order valence-electron chi connectivity index (χ1n) is 6.98. The fourth-order valence-corrected chi connectivity index (χ4v) is 2.58. The van der Waals surface area contributed by atoms with E-state index in [9.17, 15) is 4.39 Å². The van der Waals surface area contributed by atoms with Crippen LogP contribution in [0.1, 0.15) is 31.2 Å². The van der Waals surface area contributed by atoms with Gasteiger partial charge in [0, 0.05) is 24.3 Å². The summed E-state index contributed by atoms with van der Waals surface area (Å²) >= 11 is 4.84. The Morgan fingerprint density at radius 1 is 1.21 bits per heavy atom. The third kappa shape index (κ3) is 3.24. The largest absolute Gasteiger partial charge is 0.389 e. The number of nitrogens with two attached hydrogens (primary N) is 1. The van der Waals surface area contributed by atoms with Gasteiger partial charge in [-0.3, -0.25) is 0 Å². The number of halogens is 1. The van der Waals surface area contributed by atoms with Crippen molar-refractivity contribution in [2.45, 2.75) is 25.7 Å². The standard InChI is InChI=1S/C15H19FN2S/c16-14-7-12(5-6-13(14)15(17)19)18(8-10-1-2-10)9-11-3-4-11/h5-7,10-11H,1-4,8-9H2,(H2,17,19). The lowest BCUT2D eigenvalue weighted by molar-refractivity contribution is 0.620. The monoisotopic (exact) mass is 278 g/mol. The van der Waals surface area contributed by atoms with Crippen molar-refractivity contribution in [3.05, 3.63) is 29.6 Å². The van der Waals surface area contributed by atoms with E-state index in [0.717, 1.165) is 30.6 Å². The molecule has 0 atom stereocenters. The first kappa shape index (κ1) is 12.9. The Morgan fingerprint density at radius 3 is 2.21 bits per heavy atom. The van der Waals surface area contributed by atoms with E-state index in [1.807, 2.05) is 6.07 Å². The number of hydrogen-bond acceptors (Lipinski definition) is 2. The van der Waals surface area contributed by atoms with E-state index in [1.54, 1.807) is 12.1 Å². The number of thiocarbonyl (C=S) groups is 1. The molecule has 102 valence electrons. The van der Waals surface area contributed by atoms with Crippen LogP contribution >= 0.6 is 12.2 Å². The zero-order valence-corrected chi connectivity index (χ0v) is 11.8. The lowest BCUT2D eigenvalue weighted by Crippen LogP contribution is -2.28. The van der Waals surface area contributed by atoms with E-state index in [1.165, 1.54) is 25.7 Å². The molecular weight excluding hydrogens is 259 g/mol. The molecule has 19 heavy (non-hydrogen) atoms. The van der Waals surface area contributed by atoms with Crippen molar-refractivity contribution in [2.75, 3.05) is 18.0 Å². The van der Waals surface area contributed by atoms with Gasteiger partial charge in [-0.05, 0) is 55.7 Å². The van der Waals surface area contributed by atoms with Crippen molar-refractivity contribution in [1.82, 2.24) is 0 Å². The minimum absolute atomic E-state index is 0.125. The molecule has 2 nitrogen and oxygen atoms in total. The van der Waals surface area contributed by atoms with Crippen LogP contribution in [0.3, 0.4) is 0 Å². The molecule has 2 aliphatic rings. The van der Waals surface area contributed by atoms with Crippen molar-refractivity contribution in [3.8, 4) is 0 Å². The van der Waals surface area contributed by atoms with Crippen molar-refractivity contribution >= 4 is 22.9 Å². The van der Waals surface area contributed by atoms with Crippen LogP contribution in [0, 0.1) is 17.7 Å². The third-order valence-electron chi connectivity index (χ3n) is 3.93. The molecule has 0 bridgehead atoms. The molecule has 1 aromatic rings. The van der Waals surface area contributed by atoms with Crippen molar-refractivity contribution in [3.63, 3.8) is 0 Å². The summed E-state index contributed by atoms with van der Waals surface area (Å²) in [5, 5.41) is 0. The van der Waals surface area contributed by atoms with Gasteiger partial charge in [-0.15, -0.1) is 0 Å². The first-order valence-corrected chi connectivity index (χ1v) is 7.38. The molecule has 2 saturated carbocycles. The van der Waals surface area contributed by atoms with Crippen LogP contribution < -0.4 is 10.6 Å². The second-order valence-corrected chi connectivity index (χ2v) is 6.26. The molecular formula is C15H19FN2S. The normalized spacial score (nSPS) is 18.4. The van der Waals surface area contributed by atoms with Crippen LogP contribution in [0.5, 0.6) is 0 Å². The molecule has 0 radical (unpaired) electrons. The molecule has 0 aliphatic heterocycles. The minimum Gasteiger partial charge on any atom is -0.389 e. The molecule has 2 fully saturated rings. The maximum Gasteiger partial charge on any atom is 0.135 e. The van der Waals surface area contributed by atoms with E-state index in [0.29, 0.717) is 5.56 Å². The number of rotatable bonds is 6. The SMILES string of the molecule is NC(=S)c1ccc(N(CC2CC2)CC2CC2)cc1F. The predicted molar refractivity (Wildman–Crippen MR) is 79.9 cm³/mol. The summed E-state index contributed by atoms with van der Waals surface area (Å²) in [4.78, 5) is 2.46. The summed E-state index contributed by atoms with van der Waals surface area (Å²) in [6, 6.07) is 5.24.